The maximum Gasteiger partial charge on any atom is 0.302 e. The molecule has 4 aromatic rings. The average Bonchev–Trinajstić information content (AvgIpc) is 3.29. The standard InChI is InChI=1S/C33H37F2N7O4S/c1-33(2,44)11-10-25-8-9-26(30(37-25)22(19-29(36)43)16-21-17-23(34)20-24(35)18-21)27-6-5-7-28-31(27)41(4)38-32(28)39-47(45,46)42-14-12-40(3)13-15-42/h5-9,17-18,20,22,44H,12-16,19H2,1-4H3,(H2,36,43)(H,38,39)/t22-/m0/s1. The van der Waals surface area contributed by atoms with Gasteiger partial charge in [-0.3, -0.25) is 14.2 Å². The van der Waals surface area contributed by atoms with Crippen molar-refractivity contribution in [3.8, 4) is 23.0 Å². The van der Waals surface area contributed by atoms with Gasteiger partial charge in [0.05, 0.1) is 11.2 Å². The molecule has 4 N–H and O–H groups in total. The summed E-state index contributed by atoms with van der Waals surface area (Å²) < 4.78 is 60.6. The van der Waals surface area contributed by atoms with Crippen LogP contribution in [0.25, 0.3) is 22.0 Å². The summed E-state index contributed by atoms with van der Waals surface area (Å²) in [6, 6.07) is 11.9. The fraction of sp³-hybridized carbons (Fsp3) is 0.364. The minimum absolute atomic E-state index is 0.0252. The van der Waals surface area contributed by atoms with Crippen LogP contribution in [0.4, 0.5) is 14.6 Å². The van der Waals surface area contributed by atoms with E-state index in [-0.39, 0.29) is 18.7 Å². The summed E-state index contributed by atoms with van der Waals surface area (Å²) in [5.74, 6) is 2.83. The van der Waals surface area contributed by atoms with E-state index in [1.54, 1.807) is 36.0 Å². The van der Waals surface area contributed by atoms with Crippen LogP contribution in [0.1, 0.15) is 43.1 Å². The van der Waals surface area contributed by atoms with Gasteiger partial charge in [-0.15, -0.1) is 0 Å². The van der Waals surface area contributed by atoms with Crippen LogP contribution in [-0.4, -0.2) is 82.2 Å². The van der Waals surface area contributed by atoms with Crippen molar-refractivity contribution in [3.05, 3.63) is 77.1 Å². The number of rotatable bonds is 9. The Bertz CT molecular complexity index is 1970. The van der Waals surface area contributed by atoms with Crippen LogP contribution in [0.3, 0.4) is 0 Å². The number of fused-ring (bicyclic) bond motifs is 1. The molecular formula is C33H37F2N7O4S. The summed E-state index contributed by atoms with van der Waals surface area (Å²) in [7, 11) is -0.274. The first-order chi connectivity index (χ1) is 22.1. The van der Waals surface area contributed by atoms with E-state index in [2.05, 4.69) is 26.6 Å². The van der Waals surface area contributed by atoms with E-state index >= 15 is 0 Å². The topological polar surface area (TPSA) is 147 Å². The summed E-state index contributed by atoms with van der Waals surface area (Å²) in [5.41, 5.74) is 7.10. The number of carbonyl (C=O) groups is 1. The molecule has 11 nitrogen and oxygen atoms in total. The van der Waals surface area contributed by atoms with E-state index in [1.807, 2.05) is 13.1 Å². The molecule has 47 heavy (non-hydrogen) atoms. The third kappa shape index (κ3) is 8.12. The van der Waals surface area contributed by atoms with Crippen molar-refractivity contribution in [1.82, 2.24) is 24.0 Å². The number of pyridine rings is 1. The number of hydrogen-bond acceptors (Lipinski definition) is 7. The molecule has 1 aliphatic rings. The van der Waals surface area contributed by atoms with E-state index < -0.39 is 39.3 Å². The summed E-state index contributed by atoms with van der Waals surface area (Å²) in [4.78, 5) is 19.2. The summed E-state index contributed by atoms with van der Waals surface area (Å²) in [5, 5.41) is 15.2. The monoisotopic (exact) mass is 665 g/mol. The highest BCUT2D eigenvalue weighted by molar-refractivity contribution is 7.90. The number of carbonyl (C=O) groups excluding carboxylic acids is 1. The lowest BCUT2D eigenvalue weighted by molar-refractivity contribution is -0.118. The minimum atomic E-state index is -3.90. The number of hydrogen-bond donors (Lipinski definition) is 3. The molecule has 0 saturated carbocycles. The highest BCUT2D eigenvalue weighted by Gasteiger charge is 2.29. The molecule has 1 saturated heterocycles. The van der Waals surface area contributed by atoms with Crippen LogP contribution in [-0.2, 0) is 28.5 Å². The number of halogens is 2. The molecule has 0 bridgehead atoms. The van der Waals surface area contributed by atoms with Gasteiger partial charge in [0, 0.05) is 68.1 Å². The number of para-hydroxylation sites is 1. The number of anilines is 1. The van der Waals surface area contributed by atoms with Gasteiger partial charge in [-0.05, 0) is 69.1 Å². The number of piperazine rings is 1. The highest BCUT2D eigenvalue weighted by Crippen LogP contribution is 2.38. The molecule has 3 heterocycles. The Balaban J connectivity index is 1.65. The van der Waals surface area contributed by atoms with Crippen molar-refractivity contribution < 1.29 is 27.1 Å². The molecule has 0 spiro atoms. The Hall–Kier alpha value is -4.42. The minimum Gasteiger partial charge on any atom is -0.378 e. The van der Waals surface area contributed by atoms with Crippen molar-refractivity contribution in [1.29, 1.82) is 0 Å². The number of nitrogens with zero attached hydrogens (tertiary/aromatic N) is 5. The van der Waals surface area contributed by atoms with E-state index in [4.69, 9.17) is 10.7 Å². The molecule has 1 amide bonds. The summed E-state index contributed by atoms with van der Waals surface area (Å²) in [6.45, 7) is 4.96. The van der Waals surface area contributed by atoms with Gasteiger partial charge in [-0.1, -0.05) is 18.1 Å². The number of nitrogens with two attached hydrogens (primary N) is 1. The number of aryl methyl sites for hydroxylation is 1. The fourth-order valence-electron chi connectivity index (χ4n) is 5.67. The highest BCUT2D eigenvalue weighted by atomic mass is 32.2. The second-order valence-electron chi connectivity index (χ2n) is 12.3. The number of aliphatic hydroxyl groups is 1. The molecule has 5 rings (SSSR count). The lowest BCUT2D eigenvalue weighted by Crippen LogP contribution is -2.48. The lowest BCUT2D eigenvalue weighted by Gasteiger charge is -2.31. The second kappa shape index (κ2) is 13.4. The van der Waals surface area contributed by atoms with Gasteiger partial charge in [-0.2, -0.15) is 17.8 Å². The number of nitrogens with one attached hydrogen (secondary N) is 1. The second-order valence-corrected chi connectivity index (χ2v) is 13.9. The lowest BCUT2D eigenvalue weighted by atomic mass is 9.87. The quantitative estimate of drug-likeness (QED) is 0.233. The first kappa shape index (κ1) is 33.9. The van der Waals surface area contributed by atoms with E-state index in [0.29, 0.717) is 65.2 Å². The fourth-order valence-corrected chi connectivity index (χ4v) is 6.84. The van der Waals surface area contributed by atoms with Crippen LogP contribution in [0.15, 0.2) is 48.5 Å². The summed E-state index contributed by atoms with van der Waals surface area (Å²) >= 11 is 0. The molecule has 1 atom stereocenters. The van der Waals surface area contributed by atoms with Crippen LogP contribution in [0, 0.1) is 23.5 Å². The van der Waals surface area contributed by atoms with Gasteiger partial charge in [0.1, 0.15) is 22.9 Å². The van der Waals surface area contributed by atoms with Gasteiger partial charge in [-0.25, -0.2) is 13.8 Å². The number of primary amides is 1. The zero-order valence-electron chi connectivity index (χ0n) is 26.6. The van der Waals surface area contributed by atoms with Gasteiger partial charge in [0.25, 0.3) is 0 Å². The van der Waals surface area contributed by atoms with Crippen molar-refractivity contribution in [3.63, 3.8) is 0 Å². The largest absolute Gasteiger partial charge is 0.378 e. The SMILES string of the molecule is CN1CCN(S(=O)(=O)Nc2nn(C)c3c(-c4ccc(C#CC(C)(C)O)nc4[C@H](CC(N)=O)Cc4cc(F)cc(F)c4)cccc23)CC1. The molecule has 2 aromatic heterocycles. The molecule has 0 radical (unpaired) electrons. The smallest absolute Gasteiger partial charge is 0.302 e. The summed E-state index contributed by atoms with van der Waals surface area (Å²) in [6.07, 6.45) is -0.171. The van der Waals surface area contributed by atoms with E-state index in [9.17, 15) is 27.1 Å². The first-order valence-electron chi connectivity index (χ1n) is 15.0. The Morgan fingerprint density at radius 1 is 1.06 bits per heavy atom. The van der Waals surface area contributed by atoms with Crippen LogP contribution >= 0.6 is 0 Å². The van der Waals surface area contributed by atoms with Crippen molar-refractivity contribution in [2.24, 2.45) is 12.8 Å². The molecule has 1 aliphatic heterocycles. The third-order valence-corrected chi connectivity index (χ3v) is 9.34. The van der Waals surface area contributed by atoms with E-state index in [0.717, 1.165) is 6.07 Å². The number of likely N-dealkylation sites (N-methyl/N-ethyl adjacent to an activating group) is 1. The van der Waals surface area contributed by atoms with Crippen molar-refractivity contribution in [2.45, 2.75) is 38.2 Å². The van der Waals surface area contributed by atoms with Crippen LogP contribution in [0.5, 0.6) is 0 Å². The molecule has 2 aromatic carbocycles. The first-order valence-corrected chi connectivity index (χ1v) is 16.5. The predicted molar refractivity (Wildman–Crippen MR) is 175 cm³/mol. The van der Waals surface area contributed by atoms with Crippen LogP contribution in [0.2, 0.25) is 0 Å². The Labute approximate surface area is 272 Å². The Kier molecular flexibility index (Phi) is 9.65. The third-order valence-electron chi connectivity index (χ3n) is 7.84. The zero-order valence-corrected chi connectivity index (χ0v) is 27.4. The Morgan fingerprint density at radius 2 is 1.74 bits per heavy atom. The van der Waals surface area contributed by atoms with Gasteiger partial charge >= 0.3 is 10.2 Å². The number of aromatic nitrogens is 3. The maximum atomic E-state index is 14.2. The van der Waals surface area contributed by atoms with Gasteiger partial charge in [0.15, 0.2) is 5.82 Å². The predicted octanol–water partition coefficient (Wildman–Crippen LogP) is 3.14. The van der Waals surface area contributed by atoms with Gasteiger partial charge in [0.2, 0.25) is 5.91 Å². The van der Waals surface area contributed by atoms with Crippen molar-refractivity contribution in [2.75, 3.05) is 37.9 Å². The number of benzene rings is 2. The van der Waals surface area contributed by atoms with Crippen LogP contribution < -0.4 is 10.5 Å². The zero-order chi connectivity index (χ0) is 34.1. The molecule has 1 fully saturated rings. The average molecular weight is 666 g/mol. The molecular weight excluding hydrogens is 628 g/mol. The van der Waals surface area contributed by atoms with Crippen molar-refractivity contribution >= 4 is 32.8 Å². The van der Waals surface area contributed by atoms with Gasteiger partial charge < -0.3 is 15.7 Å². The molecule has 0 unspecified atom stereocenters. The number of amides is 1. The normalized spacial score (nSPS) is 15.3. The molecule has 0 aliphatic carbocycles. The maximum absolute atomic E-state index is 14.2. The Morgan fingerprint density at radius 3 is 2.38 bits per heavy atom. The molecule has 248 valence electrons. The van der Waals surface area contributed by atoms with E-state index in [1.165, 1.54) is 30.3 Å². The molecule has 14 heteroatoms.